The summed E-state index contributed by atoms with van der Waals surface area (Å²) in [6.45, 7) is 1.69. The molecule has 0 aliphatic carbocycles. The molecule has 2 rings (SSSR count). The van der Waals surface area contributed by atoms with Crippen LogP contribution in [0.3, 0.4) is 0 Å². The van der Waals surface area contributed by atoms with Gasteiger partial charge in [-0.05, 0) is 19.1 Å². The molecule has 20 heavy (non-hydrogen) atoms. The number of hydrogen-bond acceptors (Lipinski definition) is 4. The van der Waals surface area contributed by atoms with E-state index in [1.54, 1.807) is 6.92 Å². The van der Waals surface area contributed by atoms with Gasteiger partial charge in [-0.2, -0.15) is 0 Å². The molecule has 2 aromatic rings. The molecule has 7 heteroatoms. The molecule has 1 amide bonds. The molecule has 0 aliphatic heterocycles. The molecular weight excluding hydrogens is 262 g/mol. The molecule has 2 aromatic heterocycles. The van der Waals surface area contributed by atoms with Crippen molar-refractivity contribution in [2.75, 3.05) is 5.32 Å². The first-order valence-corrected chi connectivity index (χ1v) is 5.68. The first kappa shape index (κ1) is 13.5. The van der Waals surface area contributed by atoms with Crippen molar-refractivity contribution in [3.63, 3.8) is 0 Å². The number of pyridine rings is 2. The van der Waals surface area contributed by atoms with Crippen LogP contribution in [0.4, 0.5) is 5.69 Å². The number of carboxylic acid groups (broad SMARTS) is 1. The van der Waals surface area contributed by atoms with E-state index >= 15 is 0 Å². The highest BCUT2D eigenvalue weighted by Gasteiger charge is 2.16. The standard InChI is InChI=1S/C13H11N3O4/c1-7-5-10(17)8(6-15-7)12(18)16-9-3-2-4-14-11(9)13(19)20/h2-6H,1H3,(H,15,17)(H,16,18)(H,19,20). The monoisotopic (exact) mass is 273 g/mol. The summed E-state index contributed by atoms with van der Waals surface area (Å²) in [6.07, 6.45) is 2.58. The smallest absolute Gasteiger partial charge is 0.356 e. The number of aromatic amines is 1. The highest BCUT2D eigenvalue weighted by Crippen LogP contribution is 2.12. The van der Waals surface area contributed by atoms with Crippen molar-refractivity contribution in [3.8, 4) is 0 Å². The number of aromatic carboxylic acids is 1. The number of nitrogens with one attached hydrogen (secondary N) is 2. The van der Waals surface area contributed by atoms with Gasteiger partial charge in [-0.1, -0.05) is 0 Å². The fourth-order valence-corrected chi connectivity index (χ4v) is 1.62. The minimum Gasteiger partial charge on any atom is -0.476 e. The summed E-state index contributed by atoms with van der Waals surface area (Å²) in [5.74, 6) is -1.96. The van der Waals surface area contributed by atoms with Crippen LogP contribution in [0.5, 0.6) is 0 Å². The zero-order valence-corrected chi connectivity index (χ0v) is 10.5. The Labute approximate surface area is 113 Å². The number of carboxylic acids is 1. The molecule has 3 N–H and O–H groups in total. The van der Waals surface area contributed by atoms with Gasteiger partial charge in [0.2, 0.25) is 0 Å². The second-order valence-corrected chi connectivity index (χ2v) is 4.05. The van der Waals surface area contributed by atoms with Crippen molar-refractivity contribution in [1.29, 1.82) is 0 Å². The van der Waals surface area contributed by atoms with Gasteiger partial charge in [0.25, 0.3) is 5.91 Å². The average molecular weight is 273 g/mol. The molecule has 102 valence electrons. The molecule has 0 saturated carbocycles. The lowest BCUT2D eigenvalue weighted by molar-refractivity contribution is 0.0692. The Kier molecular flexibility index (Phi) is 3.60. The van der Waals surface area contributed by atoms with Crippen LogP contribution in [0.1, 0.15) is 26.5 Å². The molecule has 0 unspecified atom stereocenters. The number of carbonyl (C=O) groups is 2. The number of amides is 1. The van der Waals surface area contributed by atoms with Crippen LogP contribution in [0.15, 0.2) is 35.4 Å². The van der Waals surface area contributed by atoms with E-state index in [1.165, 1.54) is 30.6 Å². The van der Waals surface area contributed by atoms with Crippen molar-refractivity contribution >= 4 is 17.6 Å². The molecule has 0 radical (unpaired) electrons. The SMILES string of the molecule is Cc1cc(=O)c(C(=O)Nc2cccnc2C(=O)O)c[nH]1. The summed E-state index contributed by atoms with van der Waals surface area (Å²) in [4.78, 5) is 41.0. The van der Waals surface area contributed by atoms with Crippen molar-refractivity contribution < 1.29 is 14.7 Å². The topological polar surface area (TPSA) is 112 Å². The van der Waals surface area contributed by atoms with E-state index in [2.05, 4.69) is 15.3 Å². The van der Waals surface area contributed by atoms with Gasteiger partial charge in [-0.3, -0.25) is 9.59 Å². The quantitative estimate of drug-likeness (QED) is 0.773. The maximum atomic E-state index is 12.0. The predicted molar refractivity (Wildman–Crippen MR) is 70.9 cm³/mol. The Balaban J connectivity index is 2.33. The van der Waals surface area contributed by atoms with E-state index < -0.39 is 17.3 Å². The van der Waals surface area contributed by atoms with Crippen molar-refractivity contribution in [1.82, 2.24) is 9.97 Å². The Bertz CT molecular complexity index is 736. The summed E-state index contributed by atoms with van der Waals surface area (Å²) < 4.78 is 0. The van der Waals surface area contributed by atoms with Gasteiger partial charge in [0, 0.05) is 24.2 Å². The van der Waals surface area contributed by atoms with Crippen LogP contribution in [0.2, 0.25) is 0 Å². The number of hydrogen-bond donors (Lipinski definition) is 3. The number of rotatable bonds is 3. The molecule has 2 heterocycles. The minimum absolute atomic E-state index is 0.0324. The first-order valence-electron chi connectivity index (χ1n) is 5.68. The molecule has 7 nitrogen and oxygen atoms in total. The molecule has 0 aromatic carbocycles. The van der Waals surface area contributed by atoms with E-state index in [1.807, 2.05) is 0 Å². The third-order valence-corrected chi connectivity index (χ3v) is 2.56. The van der Waals surface area contributed by atoms with Crippen molar-refractivity contribution in [2.45, 2.75) is 6.92 Å². The van der Waals surface area contributed by atoms with Crippen LogP contribution in [0, 0.1) is 6.92 Å². The lowest BCUT2D eigenvalue weighted by Crippen LogP contribution is -2.22. The molecule has 0 atom stereocenters. The van der Waals surface area contributed by atoms with Crippen LogP contribution in [-0.2, 0) is 0 Å². The van der Waals surface area contributed by atoms with Crippen LogP contribution in [0.25, 0.3) is 0 Å². The number of H-pyrrole nitrogens is 1. The lowest BCUT2D eigenvalue weighted by Gasteiger charge is -2.07. The van der Waals surface area contributed by atoms with Gasteiger partial charge in [0.1, 0.15) is 5.56 Å². The maximum Gasteiger partial charge on any atom is 0.356 e. The molecule has 0 saturated heterocycles. The largest absolute Gasteiger partial charge is 0.476 e. The van der Waals surface area contributed by atoms with Gasteiger partial charge in [0.05, 0.1) is 5.69 Å². The van der Waals surface area contributed by atoms with E-state index in [4.69, 9.17) is 5.11 Å². The second kappa shape index (κ2) is 5.35. The Morgan fingerprint density at radius 3 is 2.80 bits per heavy atom. The van der Waals surface area contributed by atoms with Crippen molar-refractivity contribution in [3.05, 3.63) is 57.8 Å². The number of anilines is 1. The summed E-state index contributed by atoms with van der Waals surface area (Å²) in [5, 5.41) is 11.3. The summed E-state index contributed by atoms with van der Waals surface area (Å²) in [5.41, 5.74) is -0.177. The highest BCUT2D eigenvalue weighted by atomic mass is 16.4. The lowest BCUT2D eigenvalue weighted by atomic mass is 10.2. The number of nitrogens with zero attached hydrogens (tertiary/aromatic N) is 1. The summed E-state index contributed by atoms with van der Waals surface area (Å²) in [7, 11) is 0. The van der Waals surface area contributed by atoms with Gasteiger partial charge < -0.3 is 15.4 Å². The second-order valence-electron chi connectivity index (χ2n) is 4.05. The molecule has 0 spiro atoms. The Hall–Kier alpha value is -2.96. The van der Waals surface area contributed by atoms with Crippen LogP contribution >= 0.6 is 0 Å². The molecule has 0 fully saturated rings. The van der Waals surface area contributed by atoms with Gasteiger partial charge in [-0.15, -0.1) is 0 Å². The summed E-state index contributed by atoms with van der Waals surface area (Å²) in [6, 6.07) is 4.18. The average Bonchev–Trinajstić information content (AvgIpc) is 2.38. The fourth-order valence-electron chi connectivity index (χ4n) is 1.62. The summed E-state index contributed by atoms with van der Waals surface area (Å²) >= 11 is 0. The maximum absolute atomic E-state index is 12.0. The van der Waals surface area contributed by atoms with E-state index in [9.17, 15) is 14.4 Å². The molecule has 0 bridgehead atoms. The van der Waals surface area contributed by atoms with Crippen LogP contribution < -0.4 is 10.7 Å². The van der Waals surface area contributed by atoms with Crippen molar-refractivity contribution in [2.24, 2.45) is 0 Å². The van der Waals surface area contributed by atoms with E-state index in [0.717, 1.165) is 0 Å². The number of aromatic nitrogens is 2. The number of aryl methyl sites for hydroxylation is 1. The highest BCUT2D eigenvalue weighted by molar-refractivity contribution is 6.06. The minimum atomic E-state index is -1.27. The first-order chi connectivity index (χ1) is 9.49. The normalized spacial score (nSPS) is 10.1. The van der Waals surface area contributed by atoms with E-state index in [-0.39, 0.29) is 16.9 Å². The fraction of sp³-hybridized carbons (Fsp3) is 0.0769. The third kappa shape index (κ3) is 2.72. The Morgan fingerprint density at radius 1 is 1.40 bits per heavy atom. The molecule has 0 aliphatic rings. The molecular formula is C13H11N3O4. The zero-order valence-electron chi connectivity index (χ0n) is 10.5. The predicted octanol–water partition coefficient (Wildman–Crippen LogP) is 1.03. The number of carbonyl (C=O) groups excluding carboxylic acids is 1. The van der Waals surface area contributed by atoms with Gasteiger partial charge >= 0.3 is 5.97 Å². The zero-order chi connectivity index (χ0) is 14.7. The van der Waals surface area contributed by atoms with E-state index in [0.29, 0.717) is 5.69 Å². The Morgan fingerprint density at radius 2 is 2.15 bits per heavy atom. The van der Waals surface area contributed by atoms with Crippen LogP contribution in [-0.4, -0.2) is 27.0 Å². The van der Waals surface area contributed by atoms with Gasteiger partial charge in [0.15, 0.2) is 11.1 Å². The van der Waals surface area contributed by atoms with Gasteiger partial charge in [-0.25, -0.2) is 9.78 Å². The third-order valence-electron chi connectivity index (χ3n) is 2.56.